The van der Waals surface area contributed by atoms with Gasteiger partial charge < -0.3 is 25.3 Å². The molecule has 4 rings (SSSR count). The number of hydrogen-bond acceptors (Lipinski definition) is 6. The summed E-state index contributed by atoms with van der Waals surface area (Å²) in [6, 6.07) is 21.0. The fourth-order valence-electron chi connectivity index (χ4n) is 4.57. The Bertz CT molecular complexity index is 1130. The number of rotatable bonds is 9. The van der Waals surface area contributed by atoms with E-state index in [1.165, 1.54) is 6.21 Å². The van der Waals surface area contributed by atoms with Gasteiger partial charge in [-0.05, 0) is 41.0 Å². The Kier molecular flexibility index (Phi) is 8.65. The van der Waals surface area contributed by atoms with Crippen molar-refractivity contribution < 1.29 is 14.9 Å². The van der Waals surface area contributed by atoms with Crippen molar-refractivity contribution in [3.63, 3.8) is 0 Å². The van der Waals surface area contributed by atoms with E-state index in [9.17, 15) is 5.11 Å². The van der Waals surface area contributed by atoms with Crippen molar-refractivity contribution in [2.75, 3.05) is 44.4 Å². The molecule has 3 aromatic rings. The molecule has 0 spiro atoms. The van der Waals surface area contributed by atoms with Crippen molar-refractivity contribution in [2.45, 2.75) is 12.1 Å². The van der Waals surface area contributed by atoms with Crippen LogP contribution in [0.2, 0.25) is 10.0 Å². The minimum atomic E-state index is -0.156. The van der Waals surface area contributed by atoms with Crippen LogP contribution in [0.5, 0.6) is 5.75 Å². The largest absolute Gasteiger partial charge is 0.491 e. The van der Waals surface area contributed by atoms with Crippen LogP contribution in [-0.2, 0) is 0 Å². The zero-order valence-corrected chi connectivity index (χ0v) is 20.8. The molecule has 0 aliphatic carbocycles. The molecule has 0 unspecified atom stereocenters. The Morgan fingerprint density at radius 1 is 1.00 bits per heavy atom. The van der Waals surface area contributed by atoms with Gasteiger partial charge in [0, 0.05) is 36.9 Å². The lowest BCUT2D eigenvalue weighted by Gasteiger charge is -2.46. The zero-order chi connectivity index (χ0) is 24.8. The molecule has 3 aromatic carbocycles. The summed E-state index contributed by atoms with van der Waals surface area (Å²) in [6.07, 6.45) is 1.32. The van der Waals surface area contributed by atoms with E-state index < -0.39 is 0 Å². The quantitative estimate of drug-likeness (QED) is 0.352. The van der Waals surface area contributed by atoms with E-state index in [1.807, 2.05) is 60.7 Å². The van der Waals surface area contributed by atoms with Crippen molar-refractivity contribution in [2.24, 2.45) is 0 Å². The van der Waals surface area contributed by atoms with E-state index in [1.54, 1.807) is 6.07 Å². The highest BCUT2D eigenvalue weighted by Gasteiger charge is 2.33. The second kappa shape index (κ2) is 11.9. The second-order valence-electron chi connectivity index (χ2n) is 8.45. The first kappa shape index (κ1) is 25.5. The molecule has 0 aromatic heterocycles. The van der Waals surface area contributed by atoms with Gasteiger partial charge in [-0.1, -0.05) is 59.6 Å². The van der Waals surface area contributed by atoms with Crippen LogP contribution >= 0.6 is 23.2 Å². The van der Waals surface area contributed by atoms with Gasteiger partial charge in [-0.3, -0.25) is 4.90 Å². The van der Waals surface area contributed by atoms with Gasteiger partial charge in [-0.2, -0.15) is 0 Å². The van der Waals surface area contributed by atoms with Gasteiger partial charge in [-0.25, -0.2) is 0 Å². The van der Waals surface area contributed by atoms with Crippen LogP contribution in [0.3, 0.4) is 0 Å². The molecule has 35 heavy (non-hydrogen) atoms. The fourth-order valence-corrected chi connectivity index (χ4v) is 4.97. The van der Waals surface area contributed by atoms with Crippen LogP contribution < -0.4 is 9.64 Å². The summed E-state index contributed by atoms with van der Waals surface area (Å²) >= 11 is 12.9. The summed E-state index contributed by atoms with van der Waals surface area (Å²) in [4.78, 5) is 4.58. The van der Waals surface area contributed by atoms with Crippen molar-refractivity contribution in [3.05, 3.63) is 93.5 Å². The van der Waals surface area contributed by atoms with Gasteiger partial charge in [0.25, 0.3) is 0 Å². The van der Waals surface area contributed by atoms with E-state index in [0.717, 1.165) is 28.9 Å². The first-order valence-corrected chi connectivity index (χ1v) is 12.3. The number of benzene rings is 3. The molecule has 0 saturated carbocycles. The minimum absolute atomic E-state index is 0.00504. The maximum atomic E-state index is 10.3. The van der Waals surface area contributed by atoms with Crippen LogP contribution in [0, 0.1) is 5.41 Å². The molecule has 8 heteroatoms. The normalized spacial score (nSPS) is 17.3. The van der Waals surface area contributed by atoms with Gasteiger partial charge in [0.05, 0.1) is 36.0 Å². The maximum absolute atomic E-state index is 10.3. The average Bonchev–Trinajstić information content (AvgIpc) is 2.89. The predicted octanol–water partition coefficient (Wildman–Crippen LogP) is 4.96. The van der Waals surface area contributed by atoms with Gasteiger partial charge in [0.1, 0.15) is 12.4 Å². The summed E-state index contributed by atoms with van der Waals surface area (Å²) in [5.41, 5.74) is 3.85. The van der Waals surface area contributed by atoms with E-state index in [0.29, 0.717) is 28.9 Å². The summed E-state index contributed by atoms with van der Waals surface area (Å²) in [5.74, 6) is 0.614. The third-order valence-electron chi connectivity index (χ3n) is 6.36. The average molecular weight is 514 g/mol. The van der Waals surface area contributed by atoms with Crippen molar-refractivity contribution in [1.82, 2.24) is 4.90 Å². The molecular weight excluding hydrogens is 485 g/mol. The molecule has 1 saturated heterocycles. The third-order valence-corrected chi connectivity index (χ3v) is 6.91. The number of hydrogen-bond donors (Lipinski definition) is 3. The third kappa shape index (κ3) is 5.97. The van der Waals surface area contributed by atoms with Crippen LogP contribution in [0.25, 0.3) is 0 Å². The number of aliphatic hydroxyl groups excluding tert-OH is 2. The fraction of sp³-hybridized carbons (Fsp3) is 0.296. The number of anilines is 1. The lowest BCUT2D eigenvalue weighted by molar-refractivity contribution is 0.103. The van der Waals surface area contributed by atoms with Crippen molar-refractivity contribution >= 4 is 35.1 Å². The van der Waals surface area contributed by atoms with Crippen LogP contribution in [0.4, 0.5) is 5.69 Å². The Hall–Kier alpha value is -2.61. The number of halogens is 2. The SMILES string of the molecule is N=Cc1ccc([C@H](CO)N2CCN(c3ccc(OCCO)cc3Cl)[C@H](c3ccc(Cl)cc3)C2)cc1. The number of piperazine rings is 1. The van der Waals surface area contributed by atoms with Crippen molar-refractivity contribution in [3.8, 4) is 5.75 Å². The summed E-state index contributed by atoms with van der Waals surface area (Å²) < 4.78 is 5.51. The van der Waals surface area contributed by atoms with E-state index in [4.69, 9.17) is 38.5 Å². The molecule has 0 radical (unpaired) electrons. The Morgan fingerprint density at radius 2 is 1.74 bits per heavy atom. The Morgan fingerprint density at radius 3 is 2.37 bits per heavy atom. The monoisotopic (exact) mass is 513 g/mol. The lowest BCUT2D eigenvalue weighted by Crippen LogP contribution is -2.50. The van der Waals surface area contributed by atoms with Crippen LogP contribution in [0.15, 0.2) is 66.7 Å². The molecule has 3 N–H and O–H groups in total. The van der Waals surface area contributed by atoms with Gasteiger partial charge >= 0.3 is 0 Å². The highest BCUT2D eigenvalue weighted by atomic mass is 35.5. The highest BCUT2D eigenvalue weighted by molar-refractivity contribution is 6.33. The molecule has 2 atom stereocenters. The van der Waals surface area contributed by atoms with Crippen LogP contribution in [0.1, 0.15) is 28.8 Å². The van der Waals surface area contributed by atoms with Gasteiger partial charge in [0.15, 0.2) is 0 Å². The molecule has 1 aliphatic heterocycles. The predicted molar refractivity (Wildman–Crippen MR) is 141 cm³/mol. The zero-order valence-electron chi connectivity index (χ0n) is 19.3. The Labute approximate surface area is 215 Å². The standard InChI is InChI=1S/C27H29Cl2N3O3/c28-22-7-5-20(6-8-22)26-17-31(27(18-34)21-3-1-19(16-30)2-4-21)11-12-32(26)25-10-9-23(15-24(25)29)35-14-13-33/h1-10,15-16,26-27,30,33-34H,11-14,17-18H2/t26-,27-/m0/s1. The van der Waals surface area contributed by atoms with Crippen LogP contribution in [-0.4, -0.2) is 60.8 Å². The summed E-state index contributed by atoms with van der Waals surface area (Å²) in [5, 5.41) is 28.0. The van der Waals surface area contributed by atoms with Gasteiger partial charge in [-0.15, -0.1) is 0 Å². The van der Waals surface area contributed by atoms with Crippen molar-refractivity contribution in [1.29, 1.82) is 5.41 Å². The Balaban J connectivity index is 1.64. The van der Waals surface area contributed by atoms with E-state index >= 15 is 0 Å². The van der Waals surface area contributed by atoms with Gasteiger partial charge in [0.2, 0.25) is 0 Å². The molecule has 6 nitrogen and oxygen atoms in total. The maximum Gasteiger partial charge on any atom is 0.121 e. The number of nitrogens with one attached hydrogen (secondary N) is 1. The first-order valence-electron chi connectivity index (χ1n) is 11.5. The molecule has 0 bridgehead atoms. The summed E-state index contributed by atoms with van der Waals surface area (Å²) in [6.45, 7) is 2.27. The molecule has 1 fully saturated rings. The topological polar surface area (TPSA) is 80.0 Å². The summed E-state index contributed by atoms with van der Waals surface area (Å²) in [7, 11) is 0. The highest BCUT2D eigenvalue weighted by Crippen LogP contribution is 2.39. The first-order chi connectivity index (χ1) is 17.0. The van der Waals surface area contributed by atoms with E-state index in [-0.39, 0.29) is 31.9 Å². The molecule has 184 valence electrons. The number of ether oxygens (including phenoxy) is 1. The molecule has 1 aliphatic rings. The minimum Gasteiger partial charge on any atom is -0.491 e. The molecule has 1 heterocycles. The number of aliphatic hydroxyl groups is 2. The molecular formula is C27H29Cl2N3O3. The number of nitrogens with zero attached hydrogens (tertiary/aromatic N) is 2. The molecule has 0 amide bonds. The smallest absolute Gasteiger partial charge is 0.121 e. The second-order valence-corrected chi connectivity index (χ2v) is 9.29. The lowest BCUT2D eigenvalue weighted by atomic mass is 9.97. The van der Waals surface area contributed by atoms with E-state index in [2.05, 4.69) is 9.80 Å².